The largest absolute Gasteiger partial charge is 0.543 e. The fourth-order valence-corrected chi connectivity index (χ4v) is 1.89. The molecule has 4 nitrogen and oxygen atoms in total. The van der Waals surface area contributed by atoms with E-state index < -0.39 is 29.2 Å². The van der Waals surface area contributed by atoms with Gasteiger partial charge in [0.25, 0.3) is 0 Å². The molecule has 0 bridgehead atoms. The minimum Gasteiger partial charge on any atom is -0.543 e. The average molecular weight is 334 g/mol. The molecule has 2 aromatic rings. The van der Waals surface area contributed by atoms with E-state index in [1.165, 1.54) is 18.2 Å². The second kappa shape index (κ2) is 6.99. The summed E-state index contributed by atoms with van der Waals surface area (Å²) in [5.74, 6) is -2.33. The predicted molar refractivity (Wildman–Crippen MR) is 78.9 cm³/mol. The second-order valence-electron chi connectivity index (χ2n) is 4.78. The van der Waals surface area contributed by atoms with Gasteiger partial charge in [-0.1, -0.05) is 36.4 Å². The molecule has 0 aliphatic rings. The third-order valence-electron chi connectivity index (χ3n) is 3.02. The van der Waals surface area contributed by atoms with Gasteiger partial charge in [0.05, 0.1) is 17.2 Å². The summed E-state index contributed by atoms with van der Waals surface area (Å²) in [4.78, 5) is 23.1. The summed E-state index contributed by atoms with van der Waals surface area (Å²) in [5.41, 5.74) is -1.47. The quantitative estimate of drug-likeness (QED) is 0.674. The van der Waals surface area contributed by atoms with E-state index in [1.807, 2.05) is 0 Å². The van der Waals surface area contributed by atoms with Gasteiger partial charge in [-0.3, -0.25) is 4.79 Å². The molecular weight excluding hydrogens is 323 g/mol. The first-order valence-corrected chi connectivity index (χ1v) is 6.74. The standard InChI is InChI=1S/C17H12F3NO3/c18-17(19,20)12-7-4-8-13(9-12)21-14(16(23)24)10-15(22)11-5-2-1-3-6-11/h1-10,21H,(H,23,24)/p-1/b14-10-. The van der Waals surface area contributed by atoms with E-state index >= 15 is 0 Å². The van der Waals surface area contributed by atoms with Crippen LogP contribution in [0.5, 0.6) is 0 Å². The number of allylic oxidation sites excluding steroid dienone is 1. The number of carbonyl (C=O) groups excluding carboxylic acids is 2. The number of hydrogen-bond donors (Lipinski definition) is 1. The highest BCUT2D eigenvalue weighted by Crippen LogP contribution is 2.30. The Hall–Kier alpha value is -3.09. The Balaban J connectivity index is 2.28. The molecule has 0 radical (unpaired) electrons. The third kappa shape index (κ3) is 4.45. The molecular formula is C17H11F3NO3-. The lowest BCUT2D eigenvalue weighted by atomic mass is 10.1. The molecule has 0 heterocycles. The number of ketones is 1. The van der Waals surface area contributed by atoms with Crippen LogP contribution in [0.25, 0.3) is 0 Å². The van der Waals surface area contributed by atoms with Crippen molar-refractivity contribution in [2.75, 3.05) is 5.32 Å². The molecule has 124 valence electrons. The Bertz CT molecular complexity index is 783. The Morgan fingerprint density at radius 2 is 1.67 bits per heavy atom. The SMILES string of the molecule is O=C([O-])/C(=C/C(=O)c1ccccc1)Nc1cccc(C(F)(F)F)c1. The van der Waals surface area contributed by atoms with Crippen LogP contribution in [-0.4, -0.2) is 11.8 Å². The van der Waals surface area contributed by atoms with Crippen molar-refractivity contribution in [3.8, 4) is 0 Å². The molecule has 0 unspecified atom stereocenters. The van der Waals surface area contributed by atoms with Crippen LogP contribution in [0.1, 0.15) is 15.9 Å². The average Bonchev–Trinajstić information content (AvgIpc) is 2.54. The molecule has 24 heavy (non-hydrogen) atoms. The Morgan fingerprint density at radius 1 is 1.00 bits per heavy atom. The van der Waals surface area contributed by atoms with E-state index in [9.17, 15) is 27.9 Å². The monoisotopic (exact) mass is 334 g/mol. The number of carboxylic acid groups (broad SMARTS) is 1. The summed E-state index contributed by atoms with van der Waals surface area (Å²) >= 11 is 0. The molecule has 0 aliphatic carbocycles. The predicted octanol–water partition coefficient (Wildman–Crippen LogP) is 2.63. The highest BCUT2D eigenvalue weighted by molar-refractivity contribution is 6.08. The van der Waals surface area contributed by atoms with Crippen molar-refractivity contribution in [3.63, 3.8) is 0 Å². The molecule has 7 heteroatoms. The summed E-state index contributed by atoms with van der Waals surface area (Å²) in [5, 5.41) is 13.4. The van der Waals surface area contributed by atoms with Crippen molar-refractivity contribution < 1.29 is 27.9 Å². The van der Waals surface area contributed by atoms with Gasteiger partial charge in [-0.15, -0.1) is 0 Å². The number of rotatable bonds is 5. The summed E-state index contributed by atoms with van der Waals surface area (Å²) in [6.07, 6.45) is -3.80. The van der Waals surface area contributed by atoms with Crippen molar-refractivity contribution in [2.45, 2.75) is 6.18 Å². The second-order valence-corrected chi connectivity index (χ2v) is 4.78. The number of anilines is 1. The van der Waals surface area contributed by atoms with Gasteiger partial charge in [-0.05, 0) is 18.2 Å². The maximum atomic E-state index is 12.7. The first-order chi connectivity index (χ1) is 11.3. The van der Waals surface area contributed by atoms with Gasteiger partial charge in [0.15, 0.2) is 5.78 Å². The van der Waals surface area contributed by atoms with Gasteiger partial charge >= 0.3 is 6.18 Å². The Kier molecular flexibility index (Phi) is 5.03. The summed E-state index contributed by atoms with van der Waals surface area (Å²) in [6.45, 7) is 0. The van der Waals surface area contributed by atoms with E-state index in [1.54, 1.807) is 18.2 Å². The number of nitrogens with one attached hydrogen (secondary N) is 1. The van der Waals surface area contributed by atoms with Crippen LogP contribution in [0.3, 0.4) is 0 Å². The number of carbonyl (C=O) groups is 2. The van der Waals surface area contributed by atoms with Crippen LogP contribution in [0.4, 0.5) is 18.9 Å². The number of carboxylic acids is 1. The van der Waals surface area contributed by atoms with Crippen molar-refractivity contribution in [1.82, 2.24) is 0 Å². The minimum absolute atomic E-state index is 0.124. The smallest absolute Gasteiger partial charge is 0.416 e. The topological polar surface area (TPSA) is 69.2 Å². The van der Waals surface area contributed by atoms with Gasteiger partial charge < -0.3 is 15.2 Å². The molecule has 0 saturated heterocycles. The normalized spacial score (nSPS) is 11.9. The molecule has 0 aliphatic heterocycles. The van der Waals surface area contributed by atoms with Crippen molar-refractivity contribution in [3.05, 3.63) is 77.5 Å². The molecule has 0 aromatic heterocycles. The molecule has 0 fully saturated rings. The molecule has 0 amide bonds. The molecule has 2 aromatic carbocycles. The zero-order valence-corrected chi connectivity index (χ0v) is 12.1. The summed E-state index contributed by atoms with van der Waals surface area (Å²) < 4.78 is 38.0. The van der Waals surface area contributed by atoms with E-state index in [0.29, 0.717) is 0 Å². The zero-order valence-electron chi connectivity index (χ0n) is 12.1. The van der Waals surface area contributed by atoms with Crippen LogP contribution in [0.2, 0.25) is 0 Å². The van der Waals surface area contributed by atoms with Crippen LogP contribution < -0.4 is 10.4 Å². The fourth-order valence-electron chi connectivity index (χ4n) is 1.89. The Morgan fingerprint density at radius 3 is 2.25 bits per heavy atom. The highest BCUT2D eigenvalue weighted by Gasteiger charge is 2.30. The first kappa shape index (κ1) is 17.3. The summed E-state index contributed by atoms with van der Waals surface area (Å²) in [6, 6.07) is 11.8. The molecule has 0 saturated carbocycles. The van der Waals surface area contributed by atoms with Crippen molar-refractivity contribution in [2.24, 2.45) is 0 Å². The summed E-state index contributed by atoms with van der Waals surface area (Å²) in [7, 11) is 0. The van der Waals surface area contributed by atoms with Gasteiger partial charge in [-0.25, -0.2) is 0 Å². The lowest BCUT2D eigenvalue weighted by molar-refractivity contribution is -0.299. The van der Waals surface area contributed by atoms with E-state index in [-0.39, 0.29) is 11.3 Å². The van der Waals surface area contributed by atoms with Crippen LogP contribution in [-0.2, 0) is 11.0 Å². The van der Waals surface area contributed by atoms with Gasteiger partial charge in [-0.2, -0.15) is 13.2 Å². The van der Waals surface area contributed by atoms with Crippen molar-refractivity contribution >= 4 is 17.4 Å². The van der Waals surface area contributed by atoms with E-state index in [0.717, 1.165) is 24.3 Å². The number of alkyl halides is 3. The highest BCUT2D eigenvalue weighted by atomic mass is 19.4. The molecule has 0 spiro atoms. The number of aliphatic carboxylic acids is 1. The van der Waals surface area contributed by atoms with Crippen LogP contribution >= 0.6 is 0 Å². The molecule has 0 atom stereocenters. The van der Waals surface area contributed by atoms with Crippen molar-refractivity contribution in [1.29, 1.82) is 0 Å². The van der Waals surface area contributed by atoms with Gasteiger partial charge in [0.2, 0.25) is 0 Å². The van der Waals surface area contributed by atoms with Gasteiger partial charge in [0, 0.05) is 17.3 Å². The van der Waals surface area contributed by atoms with Gasteiger partial charge in [0.1, 0.15) is 0 Å². The zero-order chi connectivity index (χ0) is 17.7. The lowest BCUT2D eigenvalue weighted by Crippen LogP contribution is -2.29. The van der Waals surface area contributed by atoms with Crippen LogP contribution in [0, 0.1) is 0 Å². The van der Waals surface area contributed by atoms with E-state index in [2.05, 4.69) is 5.32 Å². The van der Waals surface area contributed by atoms with Crippen LogP contribution in [0.15, 0.2) is 66.4 Å². The van der Waals surface area contributed by atoms with E-state index in [4.69, 9.17) is 0 Å². The molecule has 1 N–H and O–H groups in total. The fraction of sp³-hybridized carbons (Fsp3) is 0.0588. The first-order valence-electron chi connectivity index (χ1n) is 6.74. The Labute approximate surface area is 135 Å². The number of hydrogen-bond acceptors (Lipinski definition) is 4. The molecule has 2 rings (SSSR count). The number of halogens is 3. The number of benzene rings is 2. The minimum atomic E-state index is -4.57. The maximum Gasteiger partial charge on any atom is 0.416 e. The lowest BCUT2D eigenvalue weighted by Gasteiger charge is -2.14. The third-order valence-corrected chi connectivity index (χ3v) is 3.02. The maximum absolute atomic E-state index is 12.7.